The van der Waals surface area contributed by atoms with E-state index in [0.717, 1.165) is 23.0 Å². The molecule has 0 amide bonds. The molecule has 5 heteroatoms. The lowest BCUT2D eigenvalue weighted by atomic mass is 10.1. The van der Waals surface area contributed by atoms with Gasteiger partial charge in [0.1, 0.15) is 24.4 Å². The number of carbonyl (C=O) groups excluding carboxylic acids is 1. The smallest absolute Gasteiger partial charge is 0.151 e. The molecule has 4 atom stereocenters. The van der Waals surface area contributed by atoms with Crippen LogP contribution in [0.1, 0.15) is 16.7 Å². The SMILES string of the molecule is O=CC1O[C@H](COCc2ccccc2)[C@H](OCc2ccccc2)[C@@H]1OCc1ccccc1. The van der Waals surface area contributed by atoms with Gasteiger partial charge in [0, 0.05) is 0 Å². The lowest BCUT2D eigenvalue weighted by molar-refractivity contribution is -0.124. The second kappa shape index (κ2) is 11.7. The molecule has 0 bridgehead atoms. The van der Waals surface area contributed by atoms with Crippen LogP contribution in [0.25, 0.3) is 0 Å². The molecule has 3 aromatic carbocycles. The van der Waals surface area contributed by atoms with Crippen LogP contribution in [-0.4, -0.2) is 37.3 Å². The second-order valence-electron chi connectivity index (χ2n) is 7.80. The van der Waals surface area contributed by atoms with Gasteiger partial charge in [0.15, 0.2) is 6.29 Å². The molecule has 1 saturated heterocycles. The third-order valence-electron chi connectivity index (χ3n) is 5.44. The highest BCUT2D eigenvalue weighted by atomic mass is 16.6. The summed E-state index contributed by atoms with van der Waals surface area (Å²) in [5, 5.41) is 0. The van der Waals surface area contributed by atoms with E-state index in [0.29, 0.717) is 26.4 Å². The average molecular weight is 433 g/mol. The van der Waals surface area contributed by atoms with E-state index in [2.05, 4.69) is 0 Å². The first-order valence-electron chi connectivity index (χ1n) is 10.9. The number of benzene rings is 3. The molecular weight excluding hydrogens is 404 g/mol. The Morgan fingerprint density at radius 1 is 0.656 bits per heavy atom. The van der Waals surface area contributed by atoms with Gasteiger partial charge in [-0.1, -0.05) is 91.0 Å². The summed E-state index contributed by atoms with van der Waals surface area (Å²) < 4.78 is 24.3. The van der Waals surface area contributed by atoms with E-state index < -0.39 is 24.4 Å². The quantitative estimate of drug-likeness (QED) is 0.422. The number of aldehydes is 1. The van der Waals surface area contributed by atoms with Crippen molar-refractivity contribution >= 4 is 6.29 Å². The van der Waals surface area contributed by atoms with Crippen molar-refractivity contribution in [2.45, 2.75) is 44.2 Å². The van der Waals surface area contributed by atoms with Crippen LogP contribution in [0.2, 0.25) is 0 Å². The molecule has 166 valence electrons. The fraction of sp³-hybridized carbons (Fsp3) is 0.296. The Morgan fingerprint density at radius 3 is 1.62 bits per heavy atom. The van der Waals surface area contributed by atoms with Crippen LogP contribution in [0.3, 0.4) is 0 Å². The van der Waals surface area contributed by atoms with E-state index in [4.69, 9.17) is 18.9 Å². The summed E-state index contributed by atoms with van der Waals surface area (Å²) in [7, 11) is 0. The van der Waals surface area contributed by atoms with Crippen LogP contribution in [0.4, 0.5) is 0 Å². The van der Waals surface area contributed by atoms with E-state index in [1.54, 1.807) is 0 Å². The van der Waals surface area contributed by atoms with E-state index >= 15 is 0 Å². The molecule has 0 saturated carbocycles. The van der Waals surface area contributed by atoms with Crippen molar-refractivity contribution in [2.75, 3.05) is 6.61 Å². The summed E-state index contributed by atoms with van der Waals surface area (Å²) in [6, 6.07) is 29.8. The third kappa shape index (κ3) is 6.11. The van der Waals surface area contributed by atoms with Gasteiger partial charge < -0.3 is 23.7 Å². The Labute approximate surface area is 188 Å². The minimum atomic E-state index is -0.704. The first-order chi connectivity index (χ1) is 15.8. The van der Waals surface area contributed by atoms with Crippen molar-refractivity contribution in [3.05, 3.63) is 108 Å². The summed E-state index contributed by atoms with van der Waals surface area (Å²) >= 11 is 0. The Bertz CT molecular complexity index is 932. The Balaban J connectivity index is 1.43. The summed E-state index contributed by atoms with van der Waals surface area (Å²) in [4.78, 5) is 11.8. The van der Waals surface area contributed by atoms with Gasteiger partial charge in [-0.25, -0.2) is 0 Å². The molecular formula is C27H28O5. The highest BCUT2D eigenvalue weighted by Gasteiger charge is 2.46. The molecule has 0 aromatic heterocycles. The number of ether oxygens (including phenoxy) is 4. The molecule has 1 unspecified atom stereocenters. The van der Waals surface area contributed by atoms with Crippen molar-refractivity contribution in [3.63, 3.8) is 0 Å². The zero-order valence-electron chi connectivity index (χ0n) is 17.9. The van der Waals surface area contributed by atoms with Crippen molar-refractivity contribution < 1.29 is 23.7 Å². The largest absolute Gasteiger partial charge is 0.374 e. The zero-order valence-corrected chi connectivity index (χ0v) is 17.9. The second-order valence-corrected chi connectivity index (χ2v) is 7.80. The first-order valence-corrected chi connectivity index (χ1v) is 10.9. The van der Waals surface area contributed by atoms with Crippen molar-refractivity contribution in [3.8, 4) is 0 Å². The molecule has 32 heavy (non-hydrogen) atoms. The fourth-order valence-electron chi connectivity index (χ4n) is 3.79. The Kier molecular flexibility index (Phi) is 8.17. The van der Waals surface area contributed by atoms with Crippen molar-refractivity contribution in [2.24, 2.45) is 0 Å². The first kappa shape index (κ1) is 22.4. The lowest BCUT2D eigenvalue weighted by Gasteiger charge is -2.24. The topological polar surface area (TPSA) is 54.0 Å². The Morgan fingerprint density at radius 2 is 1.12 bits per heavy atom. The van der Waals surface area contributed by atoms with Gasteiger partial charge in [-0.2, -0.15) is 0 Å². The molecule has 1 fully saturated rings. The maximum absolute atomic E-state index is 11.8. The molecule has 3 aromatic rings. The van der Waals surface area contributed by atoms with E-state index in [1.165, 1.54) is 0 Å². The van der Waals surface area contributed by atoms with Gasteiger partial charge in [0.25, 0.3) is 0 Å². The molecule has 0 radical (unpaired) electrons. The maximum Gasteiger partial charge on any atom is 0.151 e. The monoisotopic (exact) mass is 432 g/mol. The van der Waals surface area contributed by atoms with E-state index in [1.807, 2.05) is 91.0 Å². The van der Waals surface area contributed by atoms with Gasteiger partial charge in [-0.15, -0.1) is 0 Å². The minimum Gasteiger partial charge on any atom is -0.374 e. The molecule has 5 nitrogen and oxygen atoms in total. The summed E-state index contributed by atoms with van der Waals surface area (Å²) in [6.07, 6.45) is -1.25. The Hall–Kier alpha value is -2.83. The van der Waals surface area contributed by atoms with Crippen LogP contribution < -0.4 is 0 Å². The van der Waals surface area contributed by atoms with Gasteiger partial charge in [0.05, 0.1) is 26.4 Å². The van der Waals surface area contributed by atoms with Gasteiger partial charge >= 0.3 is 0 Å². The van der Waals surface area contributed by atoms with Crippen LogP contribution in [-0.2, 0) is 43.6 Å². The number of carbonyl (C=O) groups is 1. The summed E-state index contributed by atoms with van der Waals surface area (Å²) in [5.74, 6) is 0. The maximum atomic E-state index is 11.8. The van der Waals surface area contributed by atoms with E-state index in [9.17, 15) is 4.79 Å². The summed E-state index contributed by atoms with van der Waals surface area (Å²) in [6.45, 7) is 1.56. The molecule has 0 aliphatic carbocycles. The normalized spacial score (nSPS) is 22.6. The van der Waals surface area contributed by atoms with Crippen LogP contribution >= 0.6 is 0 Å². The van der Waals surface area contributed by atoms with E-state index in [-0.39, 0.29) is 0 Å². The molecule has 0 N–H and O–H groups in total. The molecule has 4 rings (SSSR count). The number of hydrogen-bond acceptors (Lipinski definition) is 5. The molecule has 1 aliphatic heterocycles. The molecule has 1 aliphatic rings. The van der Waals surface area contributed by atoms with Crippen LogP contribution in [0, 0.1) is 0 Å². The highest BCUT2D eigenvalue weighted by Crippen LogP contribution is 2.28. The standard InChI is InChI=1S/C27H28O5/c28-16-24-26(30-18-22-12-6-2-7-13-22)27(31-19-23-14-8-3-9-15-23)25(32-24)20-29-17-21-10-4-1-5-11-21/h1-16,24-27H,17-20H2/t24?,25-,26-,27+/m1/s1. The van der Waals surface area contributed by atoms with Crippen molar-refractivity contribution in [1.82, 2.24) is 0 Å². The van der Waals surface area contributed by atoms with Gasteiger partial charge in [-0.05, 0) is 16.7 Å². The van der Waals surface area contributed by atoms with Crippen LogP contribution in [0.15, 0.2) is 91.0 Å². The van der Waals surface area contributed by atoms with Gasteiger partial charge in [0.2, 0.25) is 0 Å². The molecule has 0 spiro atoms. The predicted molar refractivity (Wildman–Crippen MR) is 121 cm³/mol. The fourth-order valence-corrected chi connectivity index (χ4v) is 3.79. The lowest BCUT2D eigenvalue weighted by Crippen LogP contribution is -2.39. The number of rotatable bonds is 11. The number of hydrogen-bond donors (Lipinski definition) is 0. The summed E-state index contributed by atoms with van der Waals surface area (Å²) in [5.41, 5.74) is 3.16. The highest BCUT2D eigenvalue weighted by molar-refractivity contribution is 5.58. The average Bonchev–Trinajstić information content (AvgIpc) is 3.19. The van der Waals surface area contributed by atoms with Crippen molar-refractivity contribution in [1.29, 1.82) is 0 Å². The minimum absolute atomic E-state index is 0.309. The van der Waals surface area contributed by atoms with Crippen LogP contribution in [0.5, 0.6) is 0 Å². The van der Waals surface area contributed by atoms with Gasteiger partial charge in [-0.3, -0.25) is 0 Å². The zero-order chi connectivity index (χ0) is 22.0. The third-order valence-corrected chi connectivity index (χ3v) is 5.44. The molecule has 1 heterocycles. The predicted octanol–water partition coefficient (Wildman–Crippen LogP) is 4.34.